The van der Waals surface area contributed by atoms with Crippen LogP contribution < -0.4 is 10.9 Å². The molecule has 3 rings (SSSR count). The van der Waals surface area contributed by atoms with Gasteiger partial charge in [0.2, 0.25) is 0 Å². The Hall–Kier alpha value is -3.00. The van der Waals surface area contributed by atoms with E-state index >= 15 is 0 Å². The average molecular weight is 470 g/mol. The topological polar surface area (TPSA) is 111 Å². The van der Waals surface area contributed by atoms with E-state index < -0.39 is 17.9 Å². The highest BCUT2D eigenvalue weighted by Gasteiger charge is 2.23. The molecule has 1 unspecified atom stereocenters. The highest BCUT2D eigenvalue weighted by molar-refractivity contribution is 5.98. The number of hydrogen-bond donors (Lipinski definition) is 2. The molecule has 8 nitrogen and oxygen atoms in total. The van der Waals surface area contributed by atoms with Crippen molar-refractivity contribution >= 4 is 11.9 Å². The smallest absolute Gasteiger partial charge is 0.326 e. The van der Waals surface area contributed by atoms with E-state index in [0.717, 1.165) is 37.8 Å². The van der Waals surface area contributed by atoms with Crippen LogP contribution in [0.5, 0.6) is 0 Å². The second-order valence-electron chi connectivity index (χ2n) is 9.02. The number of nitrogens with zero attached hydrogens (tertiary/aromatic N) is 2. The Bertz CT molecular complexity index is 1090. The average Bonchev–Trinajstić information content (AvgIpc) is 2.81. The third kappa shape index (κ3) is 6.53. The number of rotatable bonds is 11. The Morgan fingerprint density at radius 3 is 2.71 bits per heavy atom. The Morgan fingerprint density at radius 1 is 1.18 bits per heavy atom. The van der Waals surface area contributed by atoms with Crippen LogP contribution in [0.2, 0.25) is 0 Å². The molecule has 8 heteroatoms. The predicted octanol–water partition coefficient (Wildman–Crippen LogP) is 2.89. The van der Waals surface area contributed by atoms with Crippen LogP contribution in [-0.4, -0.2) is 45.8 Å². The first-order chi connectivity index (χ1) is 16.3. The number of amides is 1. The van der Waals surface area contributed by atoms with Crippen molar-refractivity contribution in [3.8, 4) is 0 Å². The number of carboxylic acids is 1. The van der Waals surface area contributed by atoms with Crippen LogP contribution in [0.4, 0.5) is 0 Å². The maximum Gasteiger partial charge on any atom is 0.326 e. The first-order valence-corrected chi connectivity index (χ1v) is 12.0. The van der Waals surface area contributed by atoms with Gasteiger partial charge in [-0.15, -0.1) is 0 Å². The van der Waals surface area contributed by atoms with Crippen molar-refractivity contribution < 1.29 is 19.4 Å². The van der Waals surface area contributed by atoms with Crippen molar-refractivity contribution in [1.82, 2.24) is 14.9 Å². The number of unbranched alkanes of at least 4 members (excludes halogenated alkanes) is 1. The number of aromatic nitrogens is 2. The summed E-state index contributed by atoms with van der Waals surface area (Å²) in [6, 6.07) is 4.65. The normalized spacial score (nSPS) is 13.9. The highest BCUT2D eigenvalue weighted by atomic mass is 16.5. The molecule has 0 bridgehead atoms. The number of nitrogens with one attached hydrogen (secondary N) is 1. The Morgan fingerprint density at radius 2 is 1.94 bits per heavy atom. The van der Waals surface area contributed by atoms with Crippen molar-refractivity contribution in [1.29, 1.82) is 0 Å². The Kier molecular flexibility index (Phi) is 8.98. The number of ether oxygens (including phenoxy) is 1. The number of hydrogen-bond acceptors (Lipinski definition) is 5. The molecule has 1 amide bonds. The zero-order chi connectivity index (χ0) is 24.7. The molecule has 0 radical (unpaired) electrons. The van der Waals surface area contributed by atoms with Crippen molar-refractivity contribution in [3.63, 3.8) is 0 Å². The van der Waals surface area contributed by atoms with E-state index in [1.54, 1.807) is 20.9 Å². The predicted molar refractivity (Wildman–Crippen MR) is 129 cm³/mol. The first-order valence-electron chi connectivity index (χ1n) is 12.0. The lowest BCUT2D eigenvalue weighted by atomic mass is 9.95. The van der Waals surface area contributed by atoms with Crippen molar-refractivity contribution in [2.75, 3.05) is 13.2 Å². The fourth-order valence-corrected chi connectivity index (χ4v) is 4.38. The Balaban J connectivity index is 1.41. The van der Waals surface area contributed by atoms with E-state index in [-0.39, 0.29) is 18.6 Å². The van der Waals surface area contributed by atoms with Crippen molar-refractivity contribution in [2.45, 2.75) is 71.3 Å². The van der Waals surface area contributed by atoms with Crippen LogP contribution >= 0.6 is 0 Å². The molecule has 0 saturated carbocycles. The van der Waals surface area contributed by atoms with Crippen LogP contribution in [0.15, 0.2) is 23.0 Å². The zero-order valence-corrected chi connectivity index (χ0v) is 20.4. The fourth-order valence-electron chi connectivity index (χ4n) is 4.38. The molecule has 184 valence electrons. The van der Waals surface area contributed by atoms with Crippen molar-refractivity contribution in [2.24, 2.45) is 7.05 Å². The summed E-state index contributed by atoms with van der Waals surface area (Å²) in [5, 5.41) is 12.1. The third-order valence-electron chi connectivity index (χ3n) is 6.52. The molecule has 2 heterocycles. The molecule has 0 aliphatic heterocycles. The summed E-state index contributed by atoms with van der Waals surface area (Å²) in [5.74, 6) is -1.62. The van der Waals surface area contributed by atoms with E-state index in [4.69, 9.17) is 9.72 Å². The number of carboxylic acid groups (broad SMARTS) is 1. The van der Waals surface area contributed by atoms with Gasteiger partial charge in [-0.25, -0.2) is 4.79 Å². The summed E-state index contributed by atoms with van der Waals surface area (Å²) < 4.78 is 7.01. The van der Waals surface area contributed by atoms with Gasteiger partial charge < -0.3 is 19.7 Å². The largest absolute Gasteiger partial charge is 0.480 e. The molecule has 2 aromatic heterocycles. The molecule has 2 aromatic rings. The van der Waals surface area contributed by atoms with Gasteiger partial charge in [-0.1, -0.05) is 6.07 Å². The number of pyridine rings is 2. The lowest BCUT2D eigenvalue weighted by Crippen LogP contribution is -2.42. The summed E-state index contributed by atoms with van der Waals surface area (Å²) in [7, 11) is 1.58. The fraction of sp³-hybridized carbons (Fsp3) is 0.538. The maximum absolute atomic E-state index is 12.7. The molecule has 1 aliphatic carbocycles. The second-order valence-corrected chi connectivity index (χ2v) is 9.02. The first kappa shape index (κ1) is 25.6. The summed E-state index contributed by atoms with van der Waals surface area (Å²) in [5.41, 5.74) is 4.90. The molecular weight excluding hydrogens is 434 g/mol. The van der Waals surface area contributed by atoms with Gasteiger partial charge in [0.25, 0.3) is 11.5 Å². The standard InChI is InChI=1S/C26H35N3O5/c1-17-16-23(30)29(3)18(2)24(17)25(31)28-22(26(32)33)13-15-34-14-7-6-9-20-12-11-19-8-4-5-10-21(19)27-20/h11-12,16,22H,4-10,13-15H2,1-3H3,(H,28,31)(H,32,33). The van der Waals surface area contributed by atoms with Crippen LogP contribution in [0.25, 0.3) is 0 Å². The molecule has 0 aromatic carbocycles. The summed E-state index contributed by atoms with van der Waals surface area (Å²) in [6.45, 7) is 4.10. The summed E-state index contributed by atoms with van der Waals surface area (Å²) in [6.07, 6.45) is 7.58. The van der Waals surface area contributed by atoms with Crippen LogP contribution in [-0.2, 0) is 35.8 Å². The molecule has 0 fully saturated rings. The maximum atomic E-state index is 12.7. The molecule has 1 atom stereocenters. The van der Waals surface area contributed by atoms with E-state index in [0.29, 0.717) is 23.4 Å². The van der Waals surface area contributed by atoms with Crippen molar-refractivity contribution in [3.05, 3.63) is 62.3 Å². The number of carbonyl (C=O) groups excluding carboxylic acids is 1. The minimum Gasteiger partial charge on any atom is -0.480 e. The van der Waals surface area contributed by atoms with Gasteiger partial charge >= 0.3 is 5.97 Å². The molecule has 2 N–H and O–H groups in total. The molecule has 34 heavy (non-hydrogen) atoms. The minimum atomic E-state index is -1.12. The molecule has 1 aliphatic rings. The lowest BCUT2D eigenvalue weighted by molar-refractivity contribution is -0.139. The summed E-state index contributed by atoms with van der Waals surface area (Å²) >= 11 is 0. The number of aryl methyl sites for hydroxylation is 4. The second kappa shape index (κ2) is 11.9. The van der Waals surface area contributed by atoms with Gasteiger partial charge in [-0.2, -0.15) is 0 Å². The van der Waals surface area contributed by atoms with Gasteiger partial charge in [-0.3, -0.25) is 14.6 Å². The zero-order valence-electron chi connectivity index (χ0n) is 20.4. The van der Waals surface area contributed by atoms with E-state index in [1.807, 2.05) is 0 Å². The number of fused-ring (bicyclic) bond motifs is 1. The van der Waals surface area contributed by atoms with E-state index in [2.05, 4.69) is 17.4 Å². The van der Waals surface area contributed by atoms with Gasteiger partial charge in [0, 0.05) is 49.8 Å². The molecular formula is C26H35N3O5. The number of aliphatic carboxylic acids is 1. The number of carbonyl (C=O) groups is 2. The third-order valence-corrected chi connectivity index (χ3v) is 6.52. The van der Waals surface area contributed by atoms with Gasteiger partial charge in [0.1, 0.15) is 6.04 Å². The molecule has 0 spiro atoms. The van der Waals surface area contributed by atoms with Crippen LogP contribution in [0.3, 0.4) is 0 Å². The minimum absolute atomic E-state index is 0.164. The van der Waals surface area contributed by atoms with E-state index in [9.17, 15) is 19.5 Å². The monoisotopic (exact) mass is 469 g/mol. The quantitative estimate of drug-likeness (QED) is 0.490. The SMILES string of the molecule is Cc1cc(=O)n(C)c(C)c1C(=O)NC(CCOCCCCc1ccc2c(n1)CCCC2)C(=O)O. The lowest BCUT2D eigenvalue weighted by Gasteiger charge is -2.18. The highest BCUT2D eigenvalue weighted by Crippen LogP contribution is 2.20. The Labute approximate surface area is 200 Å². The van der Waals surface area contributed by atoms with Crippen LogP contribution in [0.1, 0.15) is 70.7 Å². The summed E-state index contributed by atoms with van der Waals surface area (Å²) in [4.78, 5) is 41.0. The van der Waals surface area contributed by atoms with Gasteiger partial charge in [0.15, 0.2) is 0 Å². The van der Waals surface area contributed by atoms with Gasteiger partial charge in [-0.05, 0) is 76.0 Å². The van der Waals surface area contributed by atoms with Gasteiger partial charge in [0.05, 0.1) is 5.56 Å². The van der Waals surface area contributed by atoms with E-state index in [1.165, 1.54) is 34.7 Å². The molecule has 0 saturated heterocycles. The van der Waals surface area contributed by atoms with Crippen LogP contribution in [0, 0.1) is 13.8 Å².